The average Bonchev–Trinajstić information content (AvgIpc) is 2.92. The lowest BCUT2D eigenvalue weighted by molar-refractivity contribution is -0.146. The molecular weight excluding hydrogens is 256 g/mol. The largest absolute Gasteiger partial charge is 0.469 e. The maximum Gasteiger partial charge on any atom is 0.309 e. The highest BCUT2D eigenvalue weighted by molar-refractivity contribution is 7.86. The molecule has 0 aromatic heterocycles. The summed E-state index contributed by atoms with van der Waals surface area (Å²) in [6.07, 6.45) is 3.27. The van der Waals surface area contributed by atoms with E-state index in [-0.39, 0.29) is 18.4 Å². The van der Waals surface area contributed by atoms with Crippen LogP contribution >= 0.6 is 0 Å². The van der Waals surface area contributed by atoms with Crippen LogP contribution in [0, 0.1) is 5.92 Å². The lowest BCUT2D eigenvalue weighted by Crippen LogP contribution is -2.48. The fraction of sp³-hybridized carbons (Fsp3) is 0.909. The first-order valence-corrected chi connectivity index (χ1v) is 7.78. The molecule has 0 saturated carbocycles. The number of carbonyl (C=O) groups is 1. The van der Waals surface area contributed by atoms with Crippen molar-refractivity contribution in [3.8, 4) is 0 Å². The quantitative estimate of drug-likeness (QED) is 0.691. The Morgan fingerprint density at radius 2 is 1.72 bits per heavy atom. The molecule has 0 amide bonds. The summed E-state index contributed by atoms with van der Waals surface area (Å²) in [4.78, 5) is 11.5. The standard InChI is InChI=1S/C11H20N2O4S/c1-17-11(14)10-5-4-8-13(9-10)18(15,16)12-6-2-3-7-12/h10H,2-9H2,1H3. The lowest BCUT2D eigenvalue weighted by Gasteiger charge is -2.33. The van der Waals surface area contributed by atoms with Gasteiger partial charge in [0.2, 0.25) is 0 Å². The van der Waals surface area contributed by atoms with E-state index >= 15 is 0 Å². The van der Waals surface area contributed by atoms with Crippen LogP contribution in [0.4, 0.5) is 0 Å². The highest BCUT2D eigenvalue weighted by Crippen LogP contribution is 2.24. The molecule has 2 rings (SSSR count). The summed E-state index contributed by atoms with van der Waals surface area (Å²) < 4.78 is 32.3. The molecule has 7 heteroatoms. The van der Waals surface area contributed by atoms with E-state index in [0.717, 1.165) is 12.8 Å². The Bertz CT molecular complexity index is 403. The Morgan fingerprint density at radius 3 is 2.33 bits per heavy atom. The van der Waals surface area contributed by atoms with Crippen molar-refractivity contribution in [1.29, 1.82) is 0 Å². The number of piperidine rings is 1. The molecule has 0 bridgehead atoms. The minimum absolute atomic E-state index is 0.255. The van der Waals surface area contributed by atoms with Crippen LogP contribution in [0.2, 0.25) is 0 Å². The number of nitrogens with zero attached hydrogens (tertiary/aromatic N) is 2. The SMILES string of the molecule is COC(=O)C1CCCN(S(=O)(=O)N2CCCC2)C1. The van der Waals surface area contributed by atoms with E-state index < -0.39 is 10.2 Å². The highest BCUT2D eigenvalue weighted by Gasteiger charge is 2.37. The first kappa shape index (κ1) is 13.8. The van der Waals surface area contributed by atoms with E-state index in [1.165, 1.54) is 15.7 Å². The van der Waals surface area contributed by atoms with Crippen molar-refractivity contribution in [2.45, 2.75) is 25.7 Å². The molecule has 6 nitrogen and oxygen atoms in total. The minimum atomic E-state index is -3.38. The summed E-state index contributed by atoms with van der Waals surface area (Å²) >= 11 is 0. The Kier molecular flexibility index (Phi) is 4.24. The number of hydrogen-bond acceptors (Lipinski definition) is 4. The van der Waals surface area contributed by atoms with E-state index in [4.69, 9.17) is 4.74 Å². The van der Waals surface area contributed by atoms with Gasteiger partial charge in [0.15, 0.2) is 0 Å². The van der Waals surface area contributed by atoms with Crippen LogP contribution in [0.3, 0.4) is 0 Å². The molecule has 0 aromatic carbocycles. The third kappa shape index (κ3) is 2.67. The summed E-state index contributed by atoms with van der Waals surface area (Å²) in [7, 11) is -2.03. The molecule has 2 aliphatic heterocycles. The van der Waals surface area contributed by atoms with Crippen molar-refractivity contribution in [2.75, 3.05) is 33.3 Å². The first-order valence-electron chi connectivity index (χ1n) is 6.39. The smallest absolute Gasteiger partial charge is 0.309 e. The van der Waals surface area contributed by atoms with Gasteiger partial charge < -0.3 is 4.74 Å². The number of esters is 1. The zero-order valence-electron chi connectivity index (χ0n) is 10.7. The second-order valence-corrected chi connectivity index (χ2v) is 6.76. The normalized spacial score (nSPS) is 27.3. The van der Waals surface area contributed by atoms with Gasteiger partial charge in [-0.3, -0.25) is 4.79 Å². The number of ether oxygens (including phenoxy) is 1. The number of methoxy groups -OCH3 is 1. The average molecular weight is 276 g/mol. The monoisotopic (exact) mass is 276 g/mol. The van der Waals surface area contributed by atoms with Crippen molar-refractivity contribution >= 4 is 16.2 Å². The van der Waals surface area contributed by atoms with Crippen LogP contribution in [0.1, 0.15) is 25.7 Å². The molecule has 18 heavy (non-hydrogen) atoms. The number of carbonyl (C=O) groups excluding carboxylic acids is 1. The number of rotatable bonds is 3. The van der Waals surface area contributed by atoms with Gasteiger partial charge in [-0.2, -0.15) is 17.0 Å². The summed E-state index contributed by atoms with van der Waals surface area (Å²) in [6, 6.07) is 0. The minimum Gasteiger partial charge on any atom is -0.469 e. The predicted molar refractivity (Wildman–Crippen MR) is 66.0 cm³/mol. The van der Waals surface area contributed by atoms with Gasteiger partial charge >= 0.3 is 5.97 Å². The molecular formula is C11H20N2O4S. The highest BCUT2D eigenvalue weighted by atomic mass is 32.2. The van der Waals surface area contributed by atoms with Gasteiger partial charge in [-0.15, -0.1) is 0 Å². The molecule has 0 radical (unpaired) electrons. The van der Waals surface area contributed by atoms with Crippen molar-refractivity contribution in [2.24, 2.45) is 5.92 Å². The van der Waals surface area contributed by atoms with Crippen LogP contribution in [-0.2, 0) is 19.7 Å². The molecule has 1 atom stereocenters. The molecule has 2 aliphatic rings. The second kappa shape index (κ2) is 5.54. The third-order valence-electron chi connectivity index (χ3n) is 3.64. The zero-order valence-corrected chi connectivity index (χ0v) is 11.5. The molecule has 0 aliphatic carbocycles. The Hall–Kier alpha value is -0.660. The van der Waals surface area contributed by atoms with E-state index in [9.17, 15) is 13.2 Å². The van der Waals surface area contributed by atoms with E-state index in [1.54, 1.807) is 0 Å². The zero-order chi connectivity index (χ0) is 13.2. The molecule has 2 heterocycles. The molecule has 104 valence electrons. The molecule has 2 saturated heterocycles. The molecule has 0 aromatic rings. The summed E-state index contributed by atoms with van der Waals surface area (Å²) in [5.74, 6) is -0.627. The third-order valence-corrected chi connectivity index (χ3v) is 5.64. The van der Waals surface area contributed by atoms with Gasteiger partial charge in [-0.1, -0.05) is 0 Å². The summed E-state index contributed by atoms with van der Waals surface area (Å²) in [5.41, 5.74) is 0. The Morgan fingerprint density at radius 1 is 1.11 bits per heavy atom. The van der Waals surface area contributed by atoms with Gasteiger partial charge in [0.1, 0.15) is 0 Å². The number of hydrogen-bond donors (Lipinski definition) is 0. The van der Waals surface area contributed by atoms with E-state index in [0.29, 0.717) is 32.5 Å². The second-order valence-electron chi connectivity index (χ2n) is 4.83. The van der Waals surface area contributed by atoms with Crippen LogP contribution in [0.15, 0.2) is 0 Å². The van der Waals surface area contributed by atoms with Gasteiger partial charge in [-0.25, -0.2) is 0 Å². The van der Waals surface area contributed by atoms with Crippen LogP contribution in [0.5, 0.6) is 0 Å². The van der Waals surface area contributed by atoms with Gasteiger partial charge in [0, 0.05) is 26.2 Å². The van der Waals surface area contributed by atoms with Crippen LogP contribution in [0.25, 0.3) is 0 Å². The molecule has 1 unspecified atom stereocenters. The predicted octanol–water partition coefficient (Wildman–Crippen LogP) is 0.212. The van der Waals surface area contributed by atoms with E-state index in [1.807, 2.05) is 0 Å². The van der Waals surface area contributed by atoms with E-state index in [2.05, 4.69) is 0 Å². The fourth-order valence-electron chi connectivity index (χ4n) is 2.59. The summed E-state index contributed by atoms with van der Waals surface area (Å²) in [6.45, 7) is 1.96. The molecule has 0 spiro atoms. The van der Waals surface area contributed by atoms with Gasteiger partial charge in [0.25, 0.3) is 10.2 Å². The van der Waals surface area contributed by atoms with Crippen molar-refractivity contribution in [3.63, 3.8) is 0 Å². The molecule has 2 fully saturated rings. The maximum absolute atomic E-state index is 12.3. The maximum atomic E-state index is 12.3. The van der Waals surface area contributed by atoms with Gasteiger partial charge in [-0.05, 0) is 25.7 Å². The van der Waals surface area contributed by atoms with Gasteiger partial charge in [0.05, 0.1) is 13.0 Å². The van der Waals surface area contributed by atoms with Crippen molar-refractivity contribution in [1.82, 2.24) is 8.61 Å². The van der Waals surface area contributed by atoms with Crippen molar-refractivity contribution < 1.29 is 17.9 Å². The van der Waals surface area contributed by atoms with Crippen LogP contribution in [-0.4, -0.2) is 56.3 Å². The molecule has 0 N–H and O–H groups in total. The fourth-order valence-corrected chi connectivity index (χ4v) is 4.37. The first-order chi connectivity index (χ1) is 8.55. The Labute approximate surface area is 108 Å². The summed E-state index contributed by atoms with van der Waals surface area (Å²) in [5, 5.41) is 0. The van der Waals surface area contributed by atoms with Crippen molar-refractivity contribution in [3.05, 3.63) is 0 Å². The van der Waals surface area contributed by atoms with Crippen LogP contribution < -0.4 is 0 Å². The lowest BCUT2D eigenvalue weighted by atomic mass is 10.0. The Balaban J connectivity index is 2.06. The topological polar surface area (TPSA) is 66.9 Å².